The molecule has 0 saturated carbocycles. The highest BCUT2D eigenvalue weighted by Crippen LogP contribution is 2.17. The summed E-state index contributed by atoms with van der Waals surface area (Å²) in [5, 5.41) is 6.53. The molecule has 3 rings (SSSR count). The molecule has 1 amide bonds. The van der Waals surface area contributed by atoms with Crippen molar-refractivity contribution in [2.24, 2.45) is 4.99 Å². The molecule has 9 heteroatoms. The maximum Gasteiger partial charge on any atom is 0.225 e. The highest BCUT2D eigenvalue weighted by molar-refractivity contribution is 7.11. The van der Waals surface area contributed by atoms with Crippen LogP contribution in [-0.2, 0) is 17.8 Å². The van der Waals surface area contributed by atoms with Crippen LogP contribution < -0.4 is 15.5 Å². The van der Waals surface area contributed by atoms with E-state index in [0.717, 1.165) is 38.0 Å². The summed E-state index contributed by atoms with van der Waals surface area (Å²) in [6.45, 7) is 9.12. The number of carbonyl (C=O) groups excluding carboxylic acids is 1. The van der Waals surface area contributed by atoms with Gasteiger partial charge in [-0.05, 0) is 31.5 Å². The summed E-state index contributed by atoms with van der Waals surface area (Å²) in [6.07, 6.45) is 5.00. The Hall–Kier alpha value is -2.68. The van der Waals surface area contributed by atoms with E-state index in [1.807, 2.05) is 17.9 Å². The zero-order valence-electron chi connectivity index (χ0n) is 17.8. The number of nitrogens with one attached hydrogen (secondary N) is 2. The Balaban J connectivity index is 1.41. The number of hydrogen-bond donors (Lipinski definition) is 2. The van der Waals surface area contributed by atoms with Gasteiger partial charge in [0.1, 0.15) is 0 Å². The second-order valence-electron chi connectivity index (χ2n) is 7.01. The normalized spacial score (nSPS) is 14.7. The van der Waals surface area contributed by atoms with Crippen LogP contribution in [0.3, 0.4) is 0 Å². The quantitative estimate of drug-likeness (QED) is 0.492. The highest BCUT2D eigenvalue weighted by atomic mass is 32.1. The number of carbonyl (C=O) groups is 1. The number of anilines is 1. The van der Waals surface area contributed by atoms with Crippen molar-refractivity contribution in [1.29, 1.82) is 0 Å². The number of aromatic nitrogens is 2. The lowest BCUT2D eigenvalue weighted by Crippen LogP contribution is -2.50. The molecule has 0 bridgehead atoms. The molecule has 0 aliphatic carbocycles. The summed E-state index contributed by atoms with van der Waals surface area (Å²) in [4.78, 5) is 32.5. The van der Waals surface area contributed by atoms with Gasteiger partial charge in [-0.3, -0.25) is 4.79 Å². The predicted molar refractivity (Wildman–Crippen MR) is 122 cm³/mol. The standard InChI is InChI=1S/C21H31N7OS/c1-3-17-6-7-18(30-17)16-26-20(22-4-2)23-11-8-19(29)27-12-14-28(15-13-27)21-24-9-5-10-25-21/h5-7,9-10H,3-4,8,11-16H2,1-2H3,(H2,22,23,26). The number of hydrogen-bond acceptors (Lipinski definition) is 6. The molecule has 3 heterocycles. The first-order chi connectivity index (χ1) is 14.7. The van der Waals surface area contributed by atoms with Crippen LogP contribution >= 0.6 is 11.3 Å². The minimum absolute atomic E-state index is 0.165. The van der Waals surface area contributed by atoms with Gasteiger partial charge in [0.25, 0.3) is 0 Å². The Morgan fingerprint density at radius 2 is 1.83 bits per heavy atom. The van der Waals surface area contributed by atoms with Crippen molar-refractivity contribution in [2.45, 2.75) is 33.2 Å². The molecule has 0 radical (unpaired) electrons. The van der Waals surface area contributed by atoms with Crippen LogP contribution in [0.15, 0.2) is 35.6 Å². The molecule has 0 unspecified atom stereocenters. The molecule has 1 aliphatic heterocycles. The minimum Gasteiger partial charge on any atom is -0.357 e. The molecule has 2 aromatic rings. The average Bonchev–Trinajstić information content (AvgIpc) is 3.26. The van der Waals surface area contributed by atoms with Crippen LogP contribution in [0.4, 0.5) is 5.95 Å². The maximum absolute atomic E-state index is 12.6. The fourth-order valence-electron chi connectivity index (χ4n) is 3.25. The van der Waals surface area contributed by atoms with E-state index in [-0.39, 0.29) is 5.91 Å². The molecule has 1 saturated heterocycles. The number of aliphatic imine (C=N–C) groups is 1. The number of amides is 1. The lowest BCUT2D eigenvalue weighted by Gasteiger charge is -2.34. The third-order valence-electron chi connectivity index (χ3n) is 4.90. The van der Waals surface area contributed by atoms with Gasteiger partial charge in [-0.25, -0.2) is 15.0 Å². The third-order valence-corrected chi connectivity index (χ3v) is 6.12. The fraction of sp³-hybridized carbons (Fsp3) is 0.524. The summed E-state index contributed by atoms with van der Waals surface area (Å²) in [5.41, 5.74) is 0. The highest BCUT2D eigenvalue weighted by Gasteiger charge is 2.22. The number of aryl methyl sites for hydroxylation is 1. The SMILES string of the molecule is CCNC(=NCc1ccc(CC)s1)NCCC(=O)N1CCN(c2ncccn2)CC1. The second kappa shape index (κ2) is 11.5. The number of rotatable bonds is 8. The van der Waals surface area contributed by atoms with Crippen molar-refractivity contribution in [3.05, 3.63) is 40.3 Å². The first-order valence-corrected chi connectivity index (χ1v) is 11.4. The van der Waals surface area contributed by atoms with E-state index in [2.05, 4.69) is 49.6 Å². The summed E-state index contributed by atoms with van der Waals surface area (Å²) >= 11 is 1.80. The van der Waals surface area contributed by atoms with Crippen LogP contribution in [-0.4, -0.2) is 66.0 Å². The molecule has 2 aromatic heterocycles. The van der Waals surface area contributed by atoms with Crippen LogP contribution in [0.1, 0.15) is 30.0 Å². The van der Waals surface area contributed by atoms with Gasteiger partial charge in [0, 0.05) is 67.8 Å². The summed E-state index contributed by atoms with van der Waals surface area (Å²) < 4.78 is 0. The smallest absolute Gasteiger partial charge is 0.225 e. The predicted octanol–water partition coefficient (Wildman–Crippen LogP) is 1.89. The lowest BCUT2D eigenvalue weighted by molar-refractivity contribution is -0.131. The van der Waals surface area contributed by atoms with Gasteiger partial charge in [-0.2, -0.15) is 0 Å². The number of nitrogens with zero attached hydrogens (tertiary/aromatic N) is 5. The van der Waals surface area contributed by atoms with E-state index < -0.39 is 0 Å². The zero-order valence-corrected chi connectivity index (χ0v) is 18.6. The number of piperazine rings is 1. The Morgan fingerprint density at radius 3 is 2.50 bits per heavy atom. The van der Waals surface area contributed by atoms with E-state index in [9.17, 15) is 4.79 Å². The van der Waals surface area contributed by atoms with Gasteiger partial charge in [-0.1, -0.05) is 6.92 Å². The average molecular weight is 430 g/mol. The Kier molecular flexibility index (Phi) is 8.43. The molecule has 162 valence electrons. The Bertz CT molecular complexity index is 816. The van der Waals surface area contributed by atoms with Gasteiger partial charge in [0.05, 0.1) is 6.54 Å². The molecule has 8 nitrogen and oxygen atoms in total. The first-order valence-electron chi connectivity index (χ1n) is 10.6. The Labute approximate surface area is 182 Å². The molecule has 1 fully saturated rings. The monoisotopic (exact) mass is 429 g/mol. The number of thiophene rings is 1. The largest absolute Gasteiger partial charge is 0.357 e. The molecule has 30 heavy (non-hydrogen) atoms. The molecule has 0 atom stereocenters. The zero-order chi connectivity index (χ0) is 21.2. The van der Waals surface area contributed by atoms with Crippen molar-refractivity contribution in [1.82, 2.24) is 25.5 Å². The molecular weight excluding hydrogens is 398 g/mol. The van der Waals surface area contributed by atoms with Crippen molar-refractivity contribution in [2.75, 3.05) is 44.2 Å². The van der Waals surface area contributed by atoms with E-state index in [1.165, 1.54) is 9.75 Å². The van der Waals surface area contributed by atoms with Crippen molar-refractivity contribution in [3.63, 3.8) is 0 Å². The fourth-order valence-corrected chi connectivity index (χ4v) is 4.13. The van der Waals surface area contributed by atoms with Crippen LogP contribution in [0.25, 0.3) is 0 Å². The molecule has 1 aliphatic rings. The van der Waals surface area contributed by atoms with Gasteiger partial charge >= 0.3 is 0 Å². The minimum atomic E-state index is 0.165. The van der Waals surface area contributed by atoms with E-state index in [4.69, 9.17) is 0 Å². The molecule has 0 aromatic carbocycles. The number of guanidine groups is 1. The van der Waals surface area contributed by atoms with E-state index >= 15 is 0 Å². The summed E-state index contributed by atoms with van der Waals surface area (Å²) in [7, 11) is 0. The second-order valence-corrected chi connectivity index (χ2v) is 8.26. The Morgan fingerprint density at radius 1 is 1.10 bits per heavy atom. The van der Waals surface area contributed by atoms with Crippen molar-refractivity contribution < 1.29 is 4.79 Å². The maximum atomic E-state index is 12.6. The first kappa shape index (κ1) is 22.0. The topological polar surface area (TPSA) is 85.8 Å². The van der Waals surface area contributed by atoms with Crippen LogP contribution in [0.2, 0.25) is 0 Å². The molecule has 2 N–H and O–H groups in total. The van der Waals surface area contributed by atoms with Crippen molar-refractivity contribution >= 4 is 29.2 Å². The third kappa shape index (κ3) is 6.41. The lowest BCUT2D eigenvalue weighted by atomic mass is 10.3. The van der Waals surface area contributed by atoms with Crippen molar-refractivity contribution in [3.8, 4) is 0 Å². The van der Waals surface area contributed by atoms with Gasteiger partial charge in [-0.15, -0.1) is 11.3 Å². The van der Waals surface area contributed by atoms with Gasteiger partial charge in [0.15, 0.2) is 5.96 Å². The van der Waals surface area contributed by atoms with Crippen LogP contribution in [0, 0.1) is 0 Å². The van der Waals surface area contributed by atoms with Gasteiger partial charge < -0.3 is 20.4 Å². The van der Waals surface area contributed by atoms with E-state index in [0.29, 0.717) is 32.6 Å². The summed E-state index contributed by atoms with van der Waals surface area (Å²) in [6, 6.07) is 6.11. The van der Waals surface area contributed by atoms with E-state index in [1.54, 1.807) is 23.7 Å². The van der Waals surface area contributed by atoms with Crippen LogP contribution in [0.5, 0.6) is 0 Å². The molecule has 0 spiro atoms. The summed E-state index contributed by atoms with van der Waals surface area (Å²) in [5.74, 6) is 1.65. The molecular formula is C21H31N7OS. The van der Waals surface area contributed by atoms with Gasteiger partial charge in [0.2, 0.25) is 11.9 Å².